The Hall–Kier alpha value is -3.31. The van der Waals surface area contributed by atoms with E-state index in [1.807, 2.05) is 32.0 Å². The molecule has 0 aliphatic rings. The summed E-state index contributed by atoms with van der Waals surface area (Å²) in [5, 5.41) is 21.5. The average molecular weight is 563 g/mol. The SMILES string of the molecule is Cc1ccc(-n2c(SCC(=O)Nc3ccc(F)c(F)c3F)nnc2-c2cc(Br)ccc2O)c(C)c1. The Bertz CT molecular complexity index is 1440. The second-order valence-corrected chi connectivity index (χ2v) is 9.51. The van der Waals surface area contributed by atoms with E-state index in [0.717, 1.165) is 45.2 Å². The van der Waals surface area contributed by atoms with E-state index in [1.165, 1.54) is 6.07 Å². The molecule has 0 aliphatic carbocycles. The van der Waals surface area contributed by atoms with Crippen LogP contribution in [0.4, 0.5) is 18.9 Å². The van der Waals surface area contributed by atoms with E-state index < -0.39 is 29.0 Å². The molecule has 6 nitrogen and oxygen atoms in total. The number of halogens is 4. The van der Waals surface area contributed by atoms with Crippen LogP contribution in [0.1, 0.15) is 11.1 Å². The zero-order chi connectivity index (χ0) is 25.3. The summed E-state index contributed by atoms with van der Waals surface area (Å²) < 4.78 is 43.0. The fourth-order valence-corrected chi connectivity index (χ4v) is 4.54. The predicted octanol–water partition coefficient (Wildman–Crippen LogP) is 6.17. The Morgan fingerprint density at radius 3 is 2.57 bits per heavy atom. The molecule has 0 radical (unpaired) electrons. The number of amides is 1. The summed E-state index contributed by atoms with van der Waals surface area (Å²) >= 11 is 4.41. The maximum absolute atomic E-state index is 13.9. The largest absolute Gasteiger partial charge is 0.507 e. The molecule has 0 bridgehead atoms. The van der Waals surface area contributed by atoms with E-state index in [2.05, 4.69) is 31.4 Å². The van der Waals surface area contributed by atoms with Crippen LogP contribution in [0.2, 0.25) is 0 Å². The number of carbonyl (C=O) groups is 1. The number of rotatable bonds is 6. The van der Waals surface area contributed by atoms with Crippen LogP contribution in [-0.2, 0) is 4.79 Å². The van der Waals surface area contributed by atoms with Gasteiger partial charge in [-0.15, -0.1) is 10.2 Å². The van der Waals surface area contributed by atoms with Crippen LogP contribution in [0.25, 0.3) is 17.1 Å². The van der Waals surface area contributed by atoms with Crippen LogP contribution in [0, 0.1) is 31.3 Å². The number of hydrogen-bond acceptors (Lipinski definition) is 5. The second kappa shape index (κ2) is 10.1. The monoisotopic (exact) mass is 562 g/mol. The molecular formula is C24H18BrF3N4O2S. The smallest absolute Gasteiger partial charge is 0.234 e. The van der Waals surface area contributed by atoms with E-state index in [1.54, 1.807) is 16.7 Å². The van der Waals surface area contributed by atoms with Crippen molar-refractivity contribution in [2.75, 3.05) is 11.1 Å². The number of phenolic OH excluding ortho intramolecular Hbond substituents is 1. The van der Waals surface area contributed by atoms with Gasteiger partial charge in [0.1, 0.15) is 5.75 Å². The van der Waals surface area contributed by atoms with Crippen molar-refractivity contribution in [2.45, 2.75) is 19.0 Å². The summed E-state index contributed by atoms with van der Waals surface area (Å²) in [6, 6.07) is 12.4. The Labute approximate surface area is 211 Å². The van der Waals surface area contributed by atoms with E-state index in [9.17, 15) is 23.1 Å². The van der Waals surface area contributed by atoms with Gasteiger partial charge in [0.25, 0.3) is 0 Å². The molecule has 1 heterocycles. The highest BCUT2D eigenvalue weighted by atomic mass is 79.9. The number of anilines is 1. The summed E-state index contributed by atoms with van der Waals surface area (Å²) in [6.45, 7) is 3.88. The molecule has 180 valence electrons. The van der Waals surface area contributed by atoms with Gasteiger partial charge in [-0.2, -0.15) is 0 Å². The van der Waals surface area contributed by atoms with Gasteiger partial charge in [-0.3, -0.25) is 9.36 Å². The maximum Gasteiger partial charge on any atom is 0.234 e. The zero-order valence-electron chi connectivity index (χ0n) is 18.4. The van der Waals surface area contributed by atoms with Crippen LogP contribution < -0.4 is 5.32 Å². The number of phenols is 1. The molecule has 2 N–H and O–H groups in total. The number of aromatic hydroxyl groups is 1. The van der Waals surface area contributed by atoms with Gasteiger partial charge in [0.2, 0.25) is 5.91 Å². The maximum atomic E-state index is 13.9. The molecule has 0 unspecified atom stereocenters. The molecule has 0 fully saturated rings. The lowest BCUT2D eigenvalue weighted by molar-refractivity contribution is -0.113. The van der Waals surface area contributed by atoms with Crippen molar-refractivity contribution in [1.29, 1.82) is 0 Å². The average Bonchev–Trinajstić information content (AvgIpc) is 3.23. The normalized spacial score (nSPS) is 11.0. The van der Waals surface area contributed by atoms with E-state index in [0.29, 0.717) is 16.5 Å². The van der Waals surface area contributed by atoms with Crippen LogP contribution >= 0.6 is 27.7 Å². The first kappa shape index (κ1) is 24.8. The first-order chi connectivity index (χ1) is 16.7. The Kier molecular flexibility index (Phi) is 7.18. The molecule has 1 amide bonds. The molecule has 3 aromatic carbocycles. The van der Waals surface area contributed by atoms with Gasteiger partial charge in [0.15, 0.2) is 28.4 Å². The second-order valence-electron chi connectivity index (χ2n) is 7.65. The van der Waals surface area contributed by atoms with Crippen molar-refractivity contribution < 1.29 is 23.1 Å². The van der Waals surface area contributed by atoms with Gasteiger partial charge in [-0.25, -0.2) is 13.2 Å². The van der Waals surface area contributed by atoms with Gasteiger partial charge in [-0.05, 0) is 55.8 Å². The molecule has 0 aliphatic heterocycles. The lowest BCUT2D eigenvalue weighted by atomic mass is 10.1. The number of aromatic nitrogens is 3. The van der Waals surface area contributed by atoms with Gasteiger partial charge >= 0.3 is 0 Å². The van der Waals surface area contributed by atoms with Crippen LogP contribution in [-0.4, -0.2) is 31.5 Å². The lowest BCUT2D eigenvalue weighted by Crippen LogP contribution is -2.16. The number of nitrogens with zero attached hydrogens (tertiary/aromatic N) is 3. The highest BCUT2D eigenvalue weighted by Gasteiger charge is 2.22. The molecule has 0 spiro atoms. The number of aryl methyl sites for hydroxylation is 2. The number of benzene rings is 3. The van der Waals surface area contributed by atoms with Crippen molar-refractivity contribution in [1.82, 2.24) is 14.8 Å². The third-order valence-electron chi connectivity index (χ3n) is 5.07. The third kappa shape index (κ3) is 5.20. The van der Waals surface area contributed by atoms with E-state index in [-0.39, 0.29) is 11.5 Å². The van der Waals surface area contributed by atoms with Crippen molar-refractivity contribution in [3.05, 3.63) is 81.6 Å². The fourth-order valence-electron chi connectivity index (χ4n) is 3.44. The van der Waals surface area contributed by atoms with Crippen molar-refractivity contribution in [3.63, 3.8) is 0 Å². The minimum absolute atomic E-state index is 0.00489. The standard InChI is InChI=1S/C24H18BrF3N4O2S/c1-12-3-7-18(13(2)9-12)32-23(15-10-14(25)4-8-19(15)33)30-31-24(32)35-11-20(34)29-17-6-5-16(26)21(27)22(17)28/h3-10,33H,11H2,1-2H3,(H,29,34). The van der Waals surface area contributed by atoms with Crippen molar-refractivity contribution in [2.24, 2.45) is 0 Å². The van der Waals surface area contributed by atoms with E-state index in [4.69, 9.17) is 0 Å². The molecular weight excluding hydrogens is 545 g/mol. The number of hydrogen-bond donors (Lipinski definition) is 2. The molecule has 0 saturated carbocycles. The minimum atomic E-state index is -1.66. The highest BCUT2D eigenvalue weighted by molar-refractivity contribution is 9.10. The molecule has 0 saturated heterocycles. The van der Waals surface area contributed by atoms with Crippen molar-refractivity contribution >= 4 is 39.3 Å². The molecule has 11 heteroatoms. The molecule has 0 atom stereocenters. The van der Waals surface area contributed by atoms with Gasteiger partial charge in [0.05, 0.1) is 22.7 Å². The Balaban J connectivity index is 1.67. The molecule has 1 aromatic heterocycles. The van der Waals surface area contributed by atoms with Gasteiger partial charge in [0, 0.05) is 4.47 Å². The number of carbonyl (C=O) groups excluding carboxylic acids is 1. The predicted molar refractivity (Wildman–Crippen MR) is 131 cm³/mol. The zero-order valence-corrected chi connectivity index (χ0v) is 20.8. The quantitative estimate of drug-likeness (QED) is 0.217. The Morgan fingerprint density at radius 2 is 1.83 bits per heavy atom. The third-order valence-corrected chi connectivity index (χ3v) is 6.49. The molecule has 4 rings (SSSR count). The molecule has 4 aromatic rings. The first-order valence-corrected chi connectivity index (χ1v) is 12.0. The lowest BCUT2D eigenvalue weighted by Gasteiger charge is -2.14. The van der Waals surface area contributed by atoms with E-state index >= 15 is 0 Å². The highest BCUT2D eigenvalue weighted by Crippen LogP contribution is 2.35. The fraction of sp³-hybridized carbons (Fsp3) is 0.125. The van der Waals surface area contributed by atoms with Crippen LogP contribution in [0.5, 0.6) is 5.75 Å². The summed E-state index contributed by atoms with van der Waals surface area (Å²) in [5.74, 6) is -5.01. The summed E-state index contributed by atoms with van der Waals surface area (Å²) in [7, 11) is 0. The number of nitrogens with one attached hydrogen (secondary N) is 1. The van der Waals surface area contributed by atoms with Crippen molar-refractivity contribution in [3.8, 4) is 22.8 Å². The minimum Gasteiger partial charge on any atom is -0.507 e. The summed E-state index contributed by atoms with van der Waals surface area (Å²) in [5.41, 5.74) is 2.66. The summed E-state index contributed by atoms with van der Waals surface area (Å²) in [4.78, 5) is 12.5. The summed E-state index contributed by atoms with van der Waals surface area (Å²) in [6.07, 6.45) is 0. The first-order valence-electron chi connectivity index (χ1n) is 10.2. The van der Waals surface area contributed by atoms with Crippen LogP contribution in [0.3, 0.4) is 0 Å². The van der Waals surface area contributed by atoms with Crippen LogP contribution in [0.15, 0.2) is 58.2 Å². The molecule has 35 heavy (non-hydrogen) atoms. The van der Waals surface area contributed by atoms with Gasteiger partial charge in [-0.1, -0.05) is 45.4 Å². The Morgan fingerprint density at radius 1 is 1.06 bits per heavy atom. The van der Waals surface area contributed by atoms with Gasteiger partial charge < -0.3 is 10.4 Å². The topological polar surface area (TPSA) is 80.0 Å². The number of thioether (sulfide) groups is 1.